The Hall–Kier alpha value is -3.41. The predicted octanol–water partition coefficient (Wildman–Crippen LogP) is 2.67. The standard InChI is InChI=1S/C24H25N3O3/c1-17-20-9-5-6-10-21(20)24(30)27(17)16-22(28)26-13-11-19(12-14-26)23(29)25-15-18-7-3-2-4-8-18/h2-10,19H,1,11-16H2,(H,25,29). The Bertz CT molecular complexity index is 943. The van der Waals surface area contributed by atoms with E-state index >= 15 is 0 Å². The minimum absolute atomic E-state index is 0.0166. The van der Waals surface area contributed by atoms with Crippen molar-refractivity contribution in [1.29, 1.82) is 0 Å². The van der Waals surface area contributed by atoms with Crippen LogP contribution in [0, 0.1) is 5.92 Å². The Balaban J connectivity index is 1.27. The first-order chi connectivity index (χ1) is 14.5. The van der Waals surface area contributed by atoms with Crippen LogP contribution in [0.15, 0.2) is 61.2 Å². The van der Waals surface area contributed by atoms with Crippen LogP contribution in [0.25, 0.3) is 5.70 Å². The van der Waals surface area contributed by atoms with Gasteiger partial charge in [-0.2, -0.15) is 0 Å². The molecule has 2 aliphatic heterocycles. The quantitative estimate of drug-likeness (QED) is 0.835. The first-order valence-electron chi connectivity index (χ1n) is 10.2. The number of nitrogens with one attached hydrogen (secondary N) is 1. The van der Waals surface area contributed by atoms with E-state index in [1.165, 1.54) is 4.90 Å². The summed E-state index contributed by atoms with van der Waals surface area (Å²) < 4.78 is 0. The molecule has 1 N–H and O–H groups in total. The molecule has 2 aromatic carbocycles. The zero-order valence-electron chi connectivity index (χ0n) is 16.8. The van der Waals surface area contributed by atoms with Crippen LogP contribution >= 0.6 is 0 Å². The van der Waals surface area contributed by atoms with Crippen molar-refractivity contribution < 1.29 is 14.4 Å². The molecule has 6 heteroatoms. The molecule has 2 heterocycles. The number of benzene rings is 2. The van der Waals surface area contributed by atoms with Crippen molar-refractivity contribution in [2.24, 2.45) is 5.92 Å². The van der Waals surface area contributed by atoms with Crippen molar-refractivity contribution in [2.45, 2.75) is 19.4 Å². The Kier molecular flexibility index (Phi) is 5.65. The molecule has 0 saturated carbocycles. The molecule has 0 bridgehead atoms. The average Bonchev–Trinajstić information content (AvgIpc) is 3.03. The molecule has 6 nitrogen and oxygen atoms in total. The van der Waals surface area contributed by atoms with Crippen LogP contribution in [0.2, 0.25) is 0 Å². The second kappa shape index (κ2) is 8.53. The summed E-state index contributed by atoms with van der Waals surface area (Å²) in [6.07, 6.45) is 1.25. The number of piperidine rings is 1. The molecule has 3 amide bonds. The molecule has 4 rings (SSSR count). The Morgan fingerprint density at radius 2 is 1.60 bits per heavy atom. The van der Waals surface area contributed by atoms with Crippen molar-refractivity contribution in [3.05, 3.63) is 77.9 Å². The fourth-order valence-electron chi connectivity index (χ4n) is 4.06. The van der Waals surface area contributed by atoms with Crippen molar-refractivity contribution in [2.75, 3.05) is 19.6 Å². The lowest BCUT2D eigenvalue weighted by atomic mass is 9.95. The minimum atomic E-state index is -0.181. The molecule has 2 aliphatic rings. The van der Waals surface area contributed by atoms with Crippen LogP contribution < -0.4 is 5.32 Å². The number of carbonyl (C=O) groups is 3. The van der Waals surface area contributed by atoms with Crippen LogP contribution in [0.5, 0.6) is 0 Å². The first-order valence-corrected chi connectivity index (χ1v) is 10.2. The predicted molar refractivity (Wildman–Crippen MR) is 114 cm³/mol. The lowest BCUT2D eigenvalue weighted by Crippen LogP contribution is -2.46. The summed E-state index contributed by atoms with van der Waals surface area (Å²) in [7, 11) is 0. The molecule has 1 fully saturated rings. The number of fused-ring (bicyclic) bond motifs is 1. The van der Waals surface area contributed by atoms with Crippen molar-refractivity contribution in [1.82, 2.24) is 15.1 Å². The largest absolute Gasteiger partial charge is 0.352 e. The van der Waals surface area contributed by atoms with Gasteiger partial charge in [-0.15, -0.1) is 0 Å². The zero-order valence-corrected chi connectivity index (χ0v) is 16.8. The lowest BCUT2D eigenvalue weighted by molar-refractivity contribution is -0.135. The third-order valence-electron chi connectivity index (χ3n) is 5.86. The smallest absolute Gasteiger partial charge is 0.259 e. The maximum Gasteiger partial charge on any atom is 0.259 e. The number of amides is 3. The van der Waals surface area contributed by atoms with E-state index in [0.717, 1.165) is 11.1 Å². The Morgan fingerprint density at radius 3 is 2.27 bits per heavy atom. The molecular formula is C24H25N3O3. The molecule has 0 atom stereocenters. The molecule has 1 saturated heterocycles. The van der Waals surface area contributed by atoms with Crippen LogP contribution in [0.4, 0.5) is 0 Å². The van der Waals surface area contributed by atoms with E-state index in [-0.39, 0.29) is 30.2 Å². The number of hydrogen-bond donors (Lipinski definition) is 1. The highest BCUT2D eigenvalue weighted by Gasteiger charge is 2.34. The summed E-state index contributed by atoms with van der Waals surface area (Å²) in [6, 6.07) is 17.1. The first kappa shape index (κ1) is 19.9. The van der Waals surface area contributed by atoms with Gasteiger partial charge in [0.25, 0.3) is 5.91 Å². The highest BCUT2D eigenvalue weighted by molar-refractivity contribution is 6.10. The monoisotopic (exact) mass is 403 g/mol. The van der Waals surface area contributed by atoms with E-state index in [1.807, 2.05) is 48.5 Å². The number of nitrogens with zero attached hydrogens (tertiary/aromatic N) is 2. The maximum atomic E-state index is 12.8. The van der Waals surface area contributed by atoms with E-state index in [0.29, 0.717) is 43.7 Å². The zero-order chi connectivity index (χ0) is 21.1. The molecule has 154 valence electrons. The second-order valence-electron chi connectivity index (χ2n) is 7.74. The Morgan fingerprint density at radius 1 is 0.967 bits per heavy atom. The van der Waals surface area contributed by atoms with Gasteiger partial charge in [0, 0.05) is 42.4 Å². The van der Waals surface area contributed by atoms with E-state index in [2.05, 4.69) is 11.9 Å². The molecular weight excluding hydrogens is 378 g/mol. The SMILES string of the molecule is C=C1c2ccccc2C(=O)N1CC(=O)N1CCC(C(=O)NCc2ccccc2)CC1. The fourth-order valence-corrected chi connectivity index (χ4v) is 4.06. The molecule has 2 aromatic rings. The molecule has 0 spiro atoms. The van der Waals surface area contributed by atoms with Gasteiger partial charge in [0.2, 0.25) is 11.8 Å². The summed E-state index contributed by atoms with van der Waals surface area (Å²) in [6.45, 7) is 5.52. The highest BCUT2D eigenvalue weighted by Crippen LogP contribution is 2.31. The average molecular weight is 403 g/mol. The van der Waals surface area contributed by atoms with Gasteiger partial charge in [0.15, 0.2) is 0 Å². The summed E-state index contributed by atoms with van der Waals surface area (Å²) >= 11 is 0. The second-order valence-corrected chi connectivity index (χ2v) is 7.74. The van der Waals surface area contributed by atoms with Crippen molar-refractivity contribution in [3.8, 4) is 0 Å². The Labute approximate surface area is 176 Å². The van der Waals surface area contributed by atoms with Gasteiger partial charge >= 0.3 is 0 Å². The maximum absolute atomic E-state index is 12.8. The lowest BCUT2D eigenvalue weighted by Gasteiger charge is -2.32. The van der Waals surface area contributed by atoms with Gasteiger partial charge in [0.1, 0.15) is 6.54 Å². The summed E-state index contributed by atoms with van der Waals surface area (Å²) in [4.78, 5) is 41.0. The number of likely N-dealkylation sites (tertiary alicyclic amines) is 1. The van der Waals surface area contributed by atoms with Crippen LogP contribution in [0.1, 0.15) is 34.3 Å². The third kappa shape index (κ3) is 3.99. The van der Waals surface area contributed by atoms with E-state index in [4.69, 9.17) is 0 Å². The number of hydrogen-bond acceptors (Lipinski definition) is 3. The highest BCUT2D eigenvalue weighted by atomic mass is 16.2. The summed E-state index contributed by atoms with van der Waals surface area (Å²) in [5.41, 5.74) is 3.00. The van der Waals surface area contributed by atoms with Gasteiger partial charge in [0.05, 0.1) is 0 Å². The molecule has 0 unspecified atom stereocenters. The van der Waals surface area contributed by atoms with Gasteiger partial charge in [-0.1, -0.05) is 55.1 Å². The molecule has 0 radical (unpaired) electrons. The van der Waals surface area contributed by atoms with Crippen molar-refractivity contribution >= 4 is 23.4 Å². The fraction of sp³-hybridized carbons (Fsp3) is 0.292. The van der Waals surface area contributed by atoms with Gasteiger partial charge in [-0.25, -0.2) is 0 Å². The molecule has 0 aliphatic carbocycles. The molecule has 0 aromatic heterocycles. The van der Waals surface area contributed by atoms with Crippen LogP contribution in [-0.4, -0.2) is 47.2 Å². The van der Waals surface area contributed by atoms with Crippen LogP contribution in [0.3, 0.4) is 0 Å². The van der Waals surface area contributed by atoms with Gasteiger partial charge < -0.3 is 10.2 Å². The van der Waals surface area contributed by atoms with Gasteiger partial charge in [-0.05, 0) is 24.5 Å². The summed E-state index contributed by atoms with van der Waals surface area (Å²) in [5, 5.41) is 2.99. The van der Waals surface area contributed by atoms with E-state index < -0.39 is 0 Å². The summed E-state index contributed by atoms with van der Waals surface area (Å²) in [5.74, 6) is -0.352. The topological polar surface area (TPSA) is 69.7 Å². The number of carbonyl (C=O) groups excluding carboxylic acids is 3. The van der Waals surface area contributed by atoms with E-state index in [1.54, 1.807) is 11.0 Å². The molecule has 30 heavy (non-hydrogen) atoms. The van der Waals surface area contributed by atoms with Crippen molar-refractivity contribution in [3.63, 3.8) is 0 Å². The normalized spacial score (nSPS) is 16.5. The van der Waals surface area contributed by atoms with Gasteiger partial charge in [-0.3, -0.25) is 19.3 Å². The minimum Gasteiger partial charge on any atom is -0.352 e. The number of rotatable bonds is 5. The van der Waals surface area contributed by atoms with E-state index in [9.17, 15) is 14.4 Å². The third-order valence-corrected chi connectivity index (χ3v) is 5.86. The van der Waals surface area contributed by atoms with Crippen LogP contribution in [-0.2, 0) is 16.1 Å².